The van der Waals surface area contributed by atoms with Crippen LogP contribution in [0.15, 0.2) is 103 Å². The average molecular weight is 467 g/mol. The summed E-state index contributed by atoms with van der Waals surface area (Å²) in [5.74, 6) is 1.74. The normalized spacial score (nSPS) is 11.2. The molecule has 6 aromatic rings. The summed E-state index contributed by atoms with van der Waals surface area (Å²) in [6.07, 6.45) is 0. The second kappa shape index (κ2) is 8.90. The van der Waals surface area contributed by atoms with E-state index in [1.54, 1.807) is 0 Å². The number of nitrogens with zero attached hydrogens (tertiary/aromatic N) is 4. The van der Waals surface area contributed by atoms with Crippen molar-refractivity contribution >= 4 is 11.0 Å². The second-order valence-electron chi connectivity index (χ2n) is 9.08. The average Bonchev–Trinajstić information content (AvgIpc) is 3.31. The molecule has 0 aliphatic heterocycles. The lowest BCUT2D eigenvalue weighted by atomic mass is 9.99. The zero-order chi connectivity index (χ0) is 24.6. The zero-order valence-electron chi connectivity index (χ0n) is 20.6. The van der Waals surface area contributed by atoms with Crippen molar-refractivity contribution in [2.75, 3.05) is 0 Å². The highest BCUT2D eigenvalue weighted by Crippen LogP contribution is 2.31. The lowest BCUT2D eigenvalue weighted by Crippen LogP contribution is -1.99. The minimum absolute atomic E-state index is 0.800. The van der Waals surface area contributed by atoms with Gasteiger partial charge in [0.15, 0.2) is 0 Å². The molecule has 0 aliphatic carbocycles. The van der Waals surface area contributed by atoms with Gasteiger partial charge in [0, 0.05) is 22.5 Å². The molecular formula is C32H26N4. The van der Waals surface area contributed by atoms with Gasteiger partial charge in [-0.2, -0.15) is 0 Å². The summed E-state index contributed by atoms with van der Waals surface area (Å²) in [5, 5.41) is 0. The third-order valence-electron chi connectivity index (χ3n) is 6.71. The number of imidazole rings is 1. The molecule has 174 valence electrons. The lowest BCUT2D eigenvalue weighted by Gasteiger charge is -2.11. The molecule has 0 spiro atoms. The van der Waals surface area contributed by atoms with Gasteiger partial charge in [0.25, 0.3) is 0 Å². The minimum Gasteiger partial charge on any atom is -0.292 e. The predicted octanol–water partition coefficient (Wildman–Crippen LogP) is 7.74. The first kappa shape index (κ1) is 21.9. The van der Waals surface area contributed by atoms with Crippen molar-refractivity contribution in [2.45, 2.75) is 20.8 Å². The smallest absolute Gasteiger partial charge is 0.145 e. The Hall–Kier alpha value is -4.57. The van der Waals surface area contributed by atoms with Gasteiger partial charge in [0.05, 0.1) is 16.7 Å². The van der Waals surface area contributed by atoms with Gasteiger partial charge in [0.1, 0.15) is 11.6 Å². The third-order valence-corrected chi connectivity index (χ3v) is 6.71. The fraction of sp³-hybridized carbons (Fsp3) is 0.0938. The first-order chi connectivity index (χ1) is 17.6. The van der Waals surface area contributed by atoms with E-state index in [1.165, 1.54) is 11.1 Å². The third kappa shape index (κ3) is 3.87. The quantitative estimate of drug-likeness (QED) is 0.267. The molecule has 4 aromatic carbocycles. The Morgan fingerprint density at radius 3 is 1.81 bits per heavy atom. The molecule has 4 nitrogen and oxygen atoms in total. The highest BCUT2D eigenvalue weighted by Gasteiger charge is 2.14. The summed E-state index contributed by atoms with van der Waals surface area (Å²) in [6.45, 7) is 6.06. The molecule has 2 aromatic heterocycles. The topological polar surface area (TPSA) is 43.6 Å². The van der Waals surface area contributed by atoms with Crippen molar-refractivity contribution in [3.63, 3.8) is 0 Å². The van der Waals surface area contributed by atoms with Gasteiger partial charge in [-0.1, -0.05) is 78.9 Å². The molecule has 0 unspecified atom stereocenters. The molecule has 0 N–H and O–H groups in total. The summed E-state index contributed by atoms with van der Waals surface area (Å²) < 4.78 is 2.23. The van der Waals surface area contributed by atoms with Crippen molar-refractivity contribution in [3.8, 4) is 39.5 Å². The molecule has 0 amide bonds. The number of aromatic nitrogens is 4. The molecular weight excluding hydrogens is 440 g/mol. The highest BCUT2D eigenvalue weighted by atomic mass is 15.1. The van der Waals surface area contributed by atoms with Crippen molar-refractivity contribution in [1.29, 1.82) is 0 Å². The van der Waals surface area contributed by atoms with Crippen LogP contribution in [0.2, 0.25) is 0 Å². The summed E-state index contributed by atoms with van der Waals surface area (Å²) in [5.41, 5.74) is 10.9. The van der Waals surface area contributed by atoms with Crippen LogP contribution in [0.25, 0.3) is 50.5 Å². The van der Waals surface area contributed by atoms with Crippen molar-refractivity contribution in [1.82, 2.24) is 19.5 Å². The summed E-state index contributed by atoms with van der Waals surface area (Å²) in [6, 6.07) is 36.0. The van der Waals surface area contributed by atoms with E-state index in [2.05, 4.69) is 112 Å². The Kier molecular flexibility index (Phi) is 5.42. The van der Waals surface area contributed by atoms with E-state index >= 15 is 0 Å². The van der Waals surface area contributed by atoms with E-state index in [4.69, 9.17) is 4.98 Å². The Morgan fingerprint density at radius 1 is 0.528 bits per heavy atom. The van der Waals surface area contributed by atoms with Crippen molar-refractivity contribution in [2.24, 2.45) is 0 Å². The molecule has 0 saturated carbocycles. The SMILES string of the molecule is Cc1nc(C)c(C)c(-c2ccc(-c3ccc(-c4nc5ccccc5n4-c4ccccc4)cc3)cc2)n1. The maximum absolute atomic E-state index is 4.98. The number of hydrogen-bond acceptors (Lipinski definition) is 3. The van der Waals surface area contributed by atoms with E-state index in [9.17, 15) is 0 Å². The van der Waals surface area contributed by atoms with E-state index in [0.29, 0.717) is 0 Å². The predicted molar refractivity (Wildman–Crippen MR) is 147 cm³/mol. The van der Waals surface area contributed by atoms with Gasteiger partial charge in [-0.3, -0.25) is 4.57 Å². The van der Waals surface area contributed by atoms with Crippen LogP contribution in [0, 0.1) is 20.8 Å². The fourth-order valence-electron chi connectivity index (χ4n) is 4.74. The largest absolute Gasteiger partial charge is 0.292 e. The molecule has 0 saturated heterocycles. The molecule has 6 rings (SSSR count). The number of hydrogen-bond donors (Lipinski definition) is 0. The Morgan fingerprint density at radius 2 is 1.11 bits per heavy atom. The Labute approximate surface area is 211 Å². The number of para-hydroxylation sites is 3. The first-order valence-corrected chi connectivity index (χ1v) is 12.1. The van der Waals surface area contributed by atoms with Crippen molar-refractivity contribution in [3.05, 3.63) is 120 Å². The van der Waals surface area contributed by atoms with Gasteiger partial charge in [-0.05, 0) is 61.7 Å². The molecule has 0 aliphatic rings. The van der Waals surface area contributed by atoms with Gasteiger partial charge in [-0.15, -0.1) is 0 Å². The molecule has 0 atom stereocenters. The number of fused-ring (bicyclic) bond motifs is 1. The molecule has 0 bridgehead atoms. The number of rotatable bonds is 4. The summed E-state index contributed by atoms with van der Waals surface area (Å²) >= 11 is 0. The van der Waals surface area contributed by atoms with Crippen molar-refractivity contribution < 1.29 is 0 Å². The highest BCUT2D eigenvalue weighted by molar-refractivity contribution is 5.83. The van der Waals surface area contributed by atoms with Gasteiger partial charge < -0.3 is 0 Å². The van der Waals surface area contributed by atoms with E-state index in [1.807, 2.05) is 26.0 Å². The molecule has 2 heterocycles. The van der Waals surface area contributed by atoms with Crippen LogP contribution in [0.3, 0.4) is 0 Å². The Bertz CT molecular complexity index is 1680. The van der Waals surface area contributed by atoms with E-state index < -0.39 is 0 Å². The minimum atomic E-state index is 0.800. The fourth-order valence-corrected chi connectivity index (χ4v) is 4.74. The van der Waals surface area contributed by atoms with Crippen LogP contribution in [0.1, 0.15) is 17.1 Å². The summed E-state index contributed by atoms with van der Waals surface area (Å²) in [4.78, 5) is 14.1. The van der Waals surface area contributed by atoms with Crippen LogP contribution < -0.4 is 0 Å². The maximum atomic E-state index is 4.98. The monoisotopic (exact) mass is 466 g/mol. The van der Waals surface area contributed by atoms with Gasteiger partial charge in [-0.25, -0.2) is 15.0 Å². The standard InChI is InChI=1S/C32H26N4/c1-21-22(2)33-23(3)34-31(21)26-17-13-24(14-18-26)25-15-19-27(20-16-25)32-35-29-11-7-8-12-30(29)36(32)28-9-5-4-6-10-28/h4-20H,1-3H3. The van der Waals surface area contributed by atoms with Crippen LogP contribution in [-0.2, 0) is 0 Å². The van der Waals surface area contributed by atoms with E-state index in [-0.39, 0.29) is 0 Å². The van der Waals surface area contributed by atoms with Crippen LogP contribution in [-0.4, -0.2) is 19.5 Å². The second-order valence-corrected chi connectivity index (χ2v) is 9.08. The maximum Gasteiger partial charge on any atom is 0.145 e. The number of benzene rings is 4. The number of aryl methyl sites for hydroxylation is 2. The molecule has 36 heavy (non-hydrogen) atoms. The molecule has 0 fully saturated rings. The zero-order valence-corrected chi connectivity index (χ0v) is 20.6. The molecule has 0 radical (unpaired) electrons. The first-order valence-electron chi connectivity index (χ1n) is 12.1. The van der Waals surface area contributed by atoms with Crippen LogP contribution in [0.5, 0.6) is 0 Å². The molecule has 4 heteroatoms. The van der Waals surface area contributed by atoms with Gasteiger partial charge >= 0.3 is 0 Å². The van der Waals surface area contributed by atoms with Crippen LogP contribution >= 0.6 is 0 Å². The van der Waals surface area contributed by atoms with E-state index in [0.717, 1.165) is 56.4 Å². The van der Waals surface area contributed by atoms with Crippen LogP contribution in [0.4, 0.5) is 0 Å². The van der Waals surface area contributed by atoms with Gasteiger partial charge in [0.2, 0.25) is 0 Å². The Balaban J connectivity index is 1.36. The summed E-state index contributed by atoms with van der Waals surface area (Å²) in [7, 11) is 0. The lowest BCUT2D eigenvalue weighted by molar-refractivity contribution is 0.992.